The number of benzene rings is 2. The average Bonchev–Trinajstić information content (AvgIpc) is 2.57. The quantitative estimate of drug-likeness (QED) is 0.509. The van der Waals surface area contributed by atoms with Crippen LogP contribution in [0.4, 0.5) is 11.4 Å². The fraction of sp³-hybridized carbons (Fsp3) is 0.400. The Morgan fingerprint density at radius 3 is 1.63 bits per heavy atom. The molecule has 0 aliphatic rings. The van der Waals surface area contributed by atoms with Crippen LogP contribution in [0.5, 0.6) is 11.5 Å². The average molecular weight is 375 g/mol. The molecule has 2 atom stereocenters. The van der Waals surface area contributed by atoms with E-state index in [0.29, 0.717) is 11.5 Å². The lowest BCUT2D eigenvalue weighted by atomic mass is 10.1. The van der Waals surface area contributed by atoms with Crippen molar-refractivity contribution in [3.05, 3.63) is 58.9 Å². The van der Waals surface area contributed by atoms with Gasteiger partial charge in [-0.15, -0.1) is 0 Å². The Morgan fingerprint density at radius 1 is 0.778 bits per heavy atom. The van der Waals surface area contributed by atoms with E-state index in [0.717, 1.165) is 11.4 Å². The molecule has 0 aliphatic carbocycles. The van der Waals surface area contributed by atoms with E-state index in [1.165, 1.54) is 7.05 Å². The molecule has 7 heteroatoms. The Bertz CT molecular complexity index is 722. The predicted octanol–water partition coefficient (Wildman–Crippen LogP) is 2.03. The number of quaternary nitrogens is 2. The van der Waals surface area contributed by atoms with Gasteiger partial charge in [0.1, 0.15) is 11.3 Å². The summed E-state index contributed by atoms with van der Waals surface area (Å²) in [6, 6.07) is 14.6. The largest absolute Gasteiger partial charge is 0.632 e. The van der Waals surface area contributed by atoms with E-state index < -0.39 is 11.3 Å². The normalized spacial score (nSPS) is 14.4. The number of anilines is 2. The van der Waals surface area contributed by atoms with Gasteiger partial charge in [-0.25, -0.2) is 0 Å². The molecule has 2 rings (SSSR count). The summed E-state index contributed by atoms with van der Waals surface area (Å²) < 4.78 is 5.72. The van der Waals surface area contributed by atoms with Gasteiger partial charge in [0.25, 0.3) is 0 Å². The zero-order valence-corrected chi connectivity index (χ0v) is 16.8. The maximum Gasteiger partial charge on any atom is 0.235 e. The number of ether oxygens (including phenoxy) is 1. The number of hydroxylamine groups is 4. The zero-order chi connectivity index (χ0) is 20.2. The van der Waals surface area contributed by atoms with Crippen LogP contribution in [0.2, 0.25) is 0 Å². The molecular formula is C20H29N3O4. The molecule has 0 bridgehead atoms. The Kier molecular flexibility index (Phi) is 6.33. The second kappa shape index (κ2) is 8.14. The van der Waals surface area contributed by atoms with Crippen molar-refractivity contribution in [1.82, 2.24) is 0 Å². The molecule has 2 aromatic carbocycles. The predicted molar refractivity (Wildman–Crippen MR) is 106 cm³/mol. The van der Waals surface area contributed by atoms with Crippen LogP contribution in [0.3, 0.4) is 0 Å². The molecule has 148 valence electrons. The summed E-state index contributed by atoms with van der Waals surface area (Å²) in [5.74, 6) is 1.14. The highest BCUT2D eigenvalue weighted by molar-refractivity contribution is 5.60. The summed E-state index contributed by atoms with van der Waals surface area (Å²) in [4.78, 5) is 5.35. The van der Waals surface area contributed by atoms with Crippen molar-refractivity contribution in [3.8, 4) is 11.5 Å². The van der Waals surface area contributed by atoms with Crippen molar-refractivity contribution >= 4 is 11.4 Å². The second-order valence-corrected chi connectivity index (χ2v) is 7.98. The monoisotopic (exact) mass is 375 g/mol. The van der Waals surface area contributed by atoms with E-state index in [9.17, 15) is 10.4 Å². The van der Waals surface area contributed by atoms with E-state index in [2.05, 4.69) is 5.32 Å². The fourth-order valence-corrected chi connectivity index (χ4v) is 2.01. The van der Waals surface area contributed by atoms with Crippen molar-refractivity contribution < 1.29 is 19.9 Å². The maximum absolute atomic E-state index is 11.9. The lowest BCUT2D eigenvalue weighted by Gasteiger charge is -2.34. The molecule has 0 radical (unpaired) electrons. The van der Waals surface area contributed by atoms with E-state index >= 15 is 0 Å². The molecule has 3 N–H and O–H groups in total. The Morgan fingerprint density at radius 2 is 1.22 bits per heavy atom. The molecule has 2 aromatic rings. The highest BCUT2D eigenvalue weighted by atomic mass is 16.9. The molecule has 0 fully saturated rings. The topological polar surface area (TPSA) is 85.5 Å². The molecule has 0 heterocycles. The lowest BCUT2D eigenvalue weighted by Crippen LogP contribution is -3.16. The van der Waals surface area contributed by atoms with Gasteiger partial charge in [-0.2, -0.15) is 5.23 Å². The molecule has 2 unspecified atom stereocenters. The van der Waals surface area contributed by atoms with Crippen LogP contribution in [0.25, 0.3) is 0 Å². The third kappa shape index (κ3) is 6.11. The van der Waals surface area contributed by atoms with Gasteiger partial charge < -0.3 is 30.4 Å². The summed E-state index contributed by atoms with van der Waals surface area (Å²) in [6.45, 7) is 8.94. The molecule has 0 aromatic heterocycles. The van der Waals surface area contributed by atoms with E-state index in [-0.39, 0.29) is 10.3 Å². The molecule has 7 nitrogen and oxygen atoms in total. The van der Waals surface area contributed by atoms with Crippen molar-refractivity contribution in [2.75, 3.05) is 12.4 Å². The van der Waals surface area contributed by atoms with Crippen LogP contribution in [0.15, 0.2) is 48.5 Å². The lowest BCUT2D eigenvalue weighted by molar-refractivity contribution is -1.06. The molecule has 0 aliphatic heterocycles. The minimum Gasteiger partial charge on any atom is -0.632 e. The maximum atomic E-state index is 11.9. The van der Waals surface area contributed by atoms with Crippen LogP contribution >= 0.6 is 0 Å². The zero-order valence-electron chi connectivity index (χ0n) is 16.8. The highest BCUT2D eigenvalue weighted by Gasteiger charge is 2.24. The van der Waals surface area contributed by atoms with Crippen LogP contribution in [0.1, 0.15) is 34.6 Å². The van der Waals surface area contributed by atoms with Crippen LogP contribution in [0, 0.1) is 10.4 Å². The smallest absolute Gasteiger partial charge is 0.235 e. The van der Waals surface area contributed by atoms with Crippen LogP contribution in [-0.2, 0) is 0 Å². The highest BCUT2D eigenvalue weighted by Crippen LogP contribution is 2.23. The number of hydrogen-bond donors (Lipinski definition) is 3. The molecule has 0 amide bonds. The summed E-state index contributed by atoms with van der Waals surface area (Å²) >= 11 is 0. The van der Waals surface area contributed by atoms with Gasteiger partial charge in [0.2, 0.25) is 5.72 Å². The first kappa shape index (κ1) is 21.0. The van der Waals surface area contributed by atoms with Gasteiger partial charge in [0, 0.05) is 25.2 Å². The molecule has 0 spiro atoms. The van der Waals surface area contributed by atoms with Crippen LogP contribution < -0.4 is 25.2 Å². The van der Waals surface area contributed by atoms with Gasteiger partial charge in [0.05, 0.1) is 7.05 Å². The van der Waals surface area contributed by atoms with Gasteiger partial charge >= 0.3 is 0 Å². The molecular weight excluding hydrogens is 346 g/mol. The van der Waals surface area contributed by atoms with E-state index in [1.54, 1.807) is 26.0 Å². The van der Waals surface area contributed by atoms with E-state index in [4.69, 9.17) is 9.57 Å². The first-order chi connectivity index (χ1) is 12.5. The first-order valence-corrected chi connectivity index (χ1v) is 8.87. The van der Waals surface area contributed by atoms with Gasteiger partial charge in [-0.05, 0) is 69.3 Å². The Labute approximate surface area is 160 Å². The second-order valence-electron chi connectivity index (χ2n) is 7.98. The van der Waals surface area contributed by atoms with Crippen molar-refractivity contribution in [1.29, 1.82) is 0 Å². The summed E-state index contributed by atoms with van der Waals surface area (Å²) in [6.07, 6.45) is 0. The van der Waals surface area contributed by atoms with Crippen molar-refractivity contribution in [3.63, 3.8) is 0 Å². The van der Waals surface area contributed by atoms with Crippen molar-refractivity contribution in [2.24, 2.45) is 0 Å². The van der Waals surface area contributed by atoms with Gasteiger partial charge in [0.15, 0.2) is 5.75 Å². The summed E-state index contributed by atoms with van der Waals surface area (Å²) in [7, 11) is 1.51. The Balaban J connectivity index is 1.97. The third-order valence-corrected chi connectivity index (χ3v) is 4.04. The van der Waals surface area contributed by atoms with Gasteiger partial charge in [-0.3, -0.25) is 0 Å². The van der Waals surface area contributed by atoms with Crippen LogP contribution in [-0.4, -0.2) is 18.3 Å². The van der Waals surface area contributed by atoms with Crippen molar-refractivity contribution in [2.45, 2.75) is 45.9 Å². The Hall–Kier alpha value is -2.32. The molecule has 0 saturated heterocycles. The minimum atomic E-state index is -0.852. The first-order valence-electron chi connectivity index (χ1n) is 8.87. The molecule has 27 heavy (non-hydrogen) atoms. The molecule has 0 saturated carbocycles. The minimum absolute atomic E-state index is 0.0306. The fourth-order valence-electron chi connectivity index (χ4n) is 2.01. The number of nitrogens with one attached hydrogen (secondary N) is 3. The number of rotatable bonds is 7. The van der Waals surface area contributed by atoms with Gasteiger partial charge in [-0.1, -0.05) is 0 Å². The standard InChI is InChI=1S/C20H29N3O4/c1-19(2,3)23(25)27-18-13-9-16(10-14-18)21-15-7-11-17(12-8-15)26-20(4,5)22(6)24/h7-14,21-23H,1-6H3. The summed E-state index contributed by atoms with van der Waals surface area (Å²) in [5, 5.41) is 26.4. The SMILES string of the molecule is C[NH+]([O-])C(C)(C)Oc1ccc(Nc2ccc(O[NH+]([O-])C(C)(C)C)cc2)cc1. The van der Waals surface area contributed by atoms with E-state index in [1.807, 2.05) is 57.2 Å². The third-order valence-electron chi connectivity index (χ3n) is 4.04. The number of hydrogen-bond acceptors (Lipinski definition) is 5. The summed E-state index contributed by atoms with van der Waals surface area (Å²) in [5.41, 5.74) is 0.346.